The summed E-state index contributed by atoms with van der Waals surface area (Å²) in [7, 11) is 0. The minimum Gasteiger partial charge on any atom is -0.394 e. The number of rotatable bonds is 3. The van der Waals surface area contributed by atoms with Gasteiger partial charge in [-0.2, -0.15) is 5.10 Å². The number of carbonyl (C=O) groups is 1. The van der Waals surface area contributed by atoms with E-state index in [4.69, 9.17) is 0 Å². The number of likely N-dealkylation sites (tertiary alicyclic amines) is 1. The predicted molar refractivity (Wildman–Crippen MR) is 88.9 cm³/mol. The van der Waals surface area contributed by atoms with Crippen LogP contribution in [-0.4, -0.2) is 44.9 Å². The van der Waals surface area contributed by atoms with Crippen molar-refractivity contribution in [2.45, 2.75) is 39.7 Å². The van der Waals surface area contributed by atoms with Gasteiger partial charge in [0, 0.05) is 6.54 Å². The van der Waals surface area contributed by atoms with Gasteiger partial charge in [-0.1, -0.05) is 12.1 Å². The van der Waals surface area contributed by atoms with E-state index in [1.54, 1.807) is 11.1 Å². The van der Waals surface area contributed by atoms with Crippen LogP contribution in [0.1, 0.15) is 40.0 Å². The van der Waals surface area contributed by atoms with E-state index in [1.165, 1.54) is 0 Å². The van der Waals surface area contributed by atoms with Gasteiger partial charge in [-0.05, 0) is 50.8 Å². The number of hydrogen-bond acceptors (Lipinski definition) is 3. The number of amides is 1. The van der Waals surface area contributed by atoms with Crippen molar-refractivity contribution in [3.63, 3.8) is 0 Å². The Bertz CT molecular complexity index is 736. The first-order valence-electron chi connectivity index (χ1n) is 8.07. The van der Waals surface area contributed by atoms with Crippen molar-refractivity contribution in [3.05, 3.63) is 46.8 Å². The molecule has 0 aliphatic carbocycles. The Labute approximate surface area is 136 Å². The van der Waals surface area contributed by atoms with Crippen LogP contribution >= 0.6 is 0 Å². The Balaban J connectivity index is 1.96. The summed E-state index contributed by atoms with van der Waals surface area (Å²) >= 11 is 0. The largest absolute Gasteiger partial charge is 0.394 e. The third kappa shape index (κ3) is 2.77. The minimum absolute atomic E-state index is 0.0237. The standard InChI is InChI=1S/C18H23N3O2/c1-12-6-7-13(2)17(9-12)21-14(3)16(10-19-21)18(23)20-8-4-5-15(20)11-22/h6-7,9-10,15,22H,4-5,8,11H2,1-3H3/t15-/m1/s1. The molecular formula is C18H23N3O2. The van der Waals surface area contributed by atoms with E-state index in [9.17, 15) is 9.90 Å². The highest BCUT2D eigenvalue weighted by Crippen LogP contribution is 2.23. The Kier molecular flexibility index (Phi) is 4.22. The summed E-state index contributed by atoms with van der Waals surface area (Å²) in [4.78, 5) is 14.6. The van der Waals surface area contributed by atoms with Crippen molar-refractivity contribution in [2.24, 2.45) is 0 Å². The lowest BCUT2D eigenvalue weighted by molar-refractivity contribution is 0.0677. The topological polar surface area (TPSA) is 58.4 Å². The van der Waals surface area contributed by atoms with E-state index in [1.807, 2.05) is 25.5 Å². The molecule has 1 saturated heterocycles. The first kappa shape index (κ1) is 15.7. The molecule has 0 spiro atoms. The third-order valence-corrected chi connectivity index (χ3v) is 4.68. The molecule has 5 heteroatoms. The maximum atomic E-state index is 12.8. The molecule has 1 aliphatic heterocycles. The molecule has 122 valence electrons. The molecule has 1 aromatic heterocycles. The van der Waals surface area contributed by atoms with Gasteiger partial charge in [0.1, 0.15) is 0 Å². The summed E-state index contributed by atoms with van der Waals surface area (Å²) in [6, 6.07) is 6.15. The van der Waals surface area contributed by atoms with Crippen molar-refractivity contribution in [1.29, 1.82) is 0 Å². The van der Waals surface area contributed by atoms with E-state index in [2.05, 4.69) is 23.3 Å². The fourth-order valence-electron chi connectivity index (χ4n) is 3.26. The van der Waals surface area contributed by atoms with E-state index in [0.717, 1.165) is 35.3 Å². The van der Waals surface area contributed by atoms with Crippen LogP contribution in [0.4, 0.5) is 0 Å². The van der Waals surface area contributed by atoms with Crippen molar-refractivity contribution in [1.82, 2.24) is 14.7 Å². The summed E-state index contributed by atoms with van der Waals surface area (Å²) in [6.07, 6.45) is 3.46. The molecule has 2 aromatic rings. The number of benzene rings is 1. The summed E-state index contributed by atoms with van der Waals surface area (Å²) in [6.45, 7) is 6.74. The summed E-state index contributed by atoms with van der Waals surface area (Å²) in [5, 5.41) is 13.9. The van der Waals surface area contributed by atoms with Gasteiger partial charge in [0.15, 0.2) is 0 Å². The third-order valence-electron chi connectivity index (χ3n) is 4.68. The quantitative estimate of drug-likeness (QED) is 0.946. The highest BCUT2D eigenvalue weighted by atomic mass is 16.3. The number of aliphatic hydroxyl groups is 1. The lowest BCUT2D eigenvalue weighted by atomic mass is 10.1. The van der Waals surface area contributed by atoms with Crippen LogP contribution < -0.4 is 0 Å². The summed E-state index contributed by atoms with van der Waals surface area (Å²) < 4.78 is 1.83. The molecule has 3 rings (SSSR count). The van der Waals surface area contributed by atoms with Crippen LogP contribution in [0.25, 0.3) is 5.69 Å². The monoisotopic (exact) mass is 313 g/mol. The highest BCUT2D eigenvalue weighted by molar-refractivity contribution is 5.95. The average molecular weight is 313 g/mol. The number of aryl methyl sites for hydroxylation is 2. The van der Waals surface area contributed by atoms with E-state index in [-0.39, 0.29) is 18.6 Å². The van der Waals surface area contributed by atoms with Crippen LogP contribution in [0.2, 0.25) is 0 Å². The second-order valence-corrected chi connectivity index (χ2v) is 6.32. The molecule has 0 saturated carbocycles. The second kappa shape index (κ2) is 6.16. The lowest BCUT2D eigenvalue weighted by Gasteiger charge is -2.22. The number of aliphatic hydroxyl groups excluding tert-OH is 1. The first-order chi connectivity index (χ1) is 11.0. The van der Waals surface area contributed by atoms with Gasteiger partial charge >= 0.3 is 0 Å². The van der Waals surface area contributed by atoms with Gasteiger partial charge in [0.25, 0.3) is 5.91 Å². The van der Waals surface area contributed by atoms with Gasteiger partial charge in [-0.15, -0.1) is 0 Å². The molecule has 0 radical (unpaired) electrons. The average Bonchev–Trinajstić information content (AvgIpc) is 3.15. The number of aromatic nitrogens is 2. The Morgan fingerprint density at radius 1 is 1.35 bits per heavy atom. The normalized spacial score (nSPS) is 17.7. The zero-order valence-corrected chi connectivity index (χ0v) is 13.9. The highest BCUT2D eigenvalue weighted by Gasteiger charge is 2.30. The number of hydrogen-bond donors (Lipinski definition) is 1. The fraction of sp³-hybridized carbons (Fsp3) is 0.444. The van der Waals surface area contributed by atoms with Gasteiger partial charge in [0.2, 0.25) is 0 Å². The molecule has 1 fully saturated rings. The Morgan fingerprint density at radius 2 is 2.13 bits per heavy atom. The second-order valence-electron chi connectivity index (χ2n) is 6.32. The molecule has 1 N–H and O–H groups in total. The molecule has 2 heterocycles. The van der Waals surface area contributed by atoms with Crippen molar-refractivity contribution in [2.75, 3.05) is 13.2 Å². The van der Waals surface area contributed by atoms with Crippen molar-refractivity contribution >= 4 is 5.91 Å². The lowest BCUT2D eigenvalue weighted by Crippen LogP contribution is -2.37. The van der Waals surface area contributed by atoms with Gasteiger partial charge in [-0.25, -0.2) is 4.68 Å². The minimum atomic E-state index is -0.0639. The first-order valence-corrected chi connectivity index (χ1v) is 8.07. The number of nitrogens with zero attached hydrogens (tertiary/aromatic N) is 3. The maximum absolute atomic E-state index is 12.8. The molecule has 5 nitrogen and oxygen atoms in total. The fourth-order valence-corrected chi connectivity index (χ4v) is 3.26. The molecule has 1 atom stereocenters. The Hall–Kier alpha value is -2.14. The van der Waals surface area contributed by atoms with Crippen molar-refractivity contribution < 1.29 is 9.90 Å². The maximum Gasteiger partial charge on any atom is 0.257 e. The molecule has 23 heavy (non-hydrogen) atoms. The van der Waals surface area contributed by atoms with Crippen molar-refractivity contribution in [3.8, 4) is 5.69 Å². The molecule has 1 aliphatic rings. The molecular weight excluding hydrogens is 290 g/mol. The summed E-state index contributed by atoms with van der Waals surface area (Å²) in [5.74, 6) is -0.0318. The van der Waals surface area contributed by atoms with Crippen LogP contribution in [0, 0.1) is 20.8 Å². The predicted octanol–water partition coefficient (Wildman–Crippen LogP) is 2.39. The Morgan fingerprint density at radius 3 is 2.87 bits per heavy atom. The van der Waals surface area contributed by atoms with Gasteiger partial charge in [-0.3, -0.25) is 4.79 Å². The van der Waals surface area contributed by atoms with E-state index in [0.29, 0.717) is 12.1 Å². The zero-order chi connectivity index (χ0) is 16.6. The van der Waals surface area contributed by atoms with Gasteiger partial charge < -0.3 is 10.0 Å². The number of carbonyl (C=O) groups excluding carboxylic acids is 1. The zero-order valence-electron chi connectivity index (χ0n) is 13.9. The SMILES string of the molecule is Cc1ccc(C)c(-n2ncc(C(=O)N3CCC[C@@H]3CO)c2C)c1. The van der Waals surface area contributed by atoms with Crippen LogP contribution in [0.15, 0.2) is 24.4 Å². The molecule has 0 unspecified atom stereocenters. The van der Waals surface area contributed by atoms with E-state index < -0.39 is 0 Å². The summed E-state index contributed by atoms with van der Waals surface area (Å²) in [5.41, 5.74) is 4.74. The van der Waals surface area contributed by atoms with Crippen LogP contribution in [-0.2, 0) is 0 Å². The molecule has 1 aromatic carbocycles. The van der Waals surface area contributed by atoms with Crippen LogP contribution in [0.5, 0.6) is 0 Å². The molecule has 0 bridgehead atoms. The van der Waals surface area contributed by atoms with E-state index >= 15 is 0 Å². The molecule has 1 amide bonds. The van der Waals surface area contributed by atoms with Gasteiger partial charge in [0.05, 0.1) is 35.8 Å². The smallest absolute Gasteiger partial charge is 0.257 e. The van der Waals surface area contributed by atoms with Crippen LogP contribution in [0.3, 0.4) is 0 Å².